The third-order valence-corrected chi connectivity index (χ3v) is 2.15. The van der Waals surface area contributed by atoms with Crippen molar-refractivity contribution >= 4 is 28.3 Å². The van der Waals surface area contributed by atoms with E-state index in [0.717, 1.165) is 6.54 Å². The number of hydrogen-bond donors (Lipinski definition) is 1. The van der Waals surface area contributed by atoms with Gasteiger partial charge in [-0.3, -0.25) is 5.41 Å². The normalized spacial score (nSPS) is 9.18. The zero-order valence-electron chi connectivity index (χ0n) is 6.54. The second-order valence-corrected chi connectivity index (χ2v) is 3.15. The van der Waals surface area contributed by atoms with Gasteiger partial charge in [-0.05, 0) is 6.42 Å². The molecule has 0 spiro atoms. The maximum atomic E-state index is 7.41. The van der Waals surface area contributed by atoms with E-state index in [9.17, 15) is 0 Å². The number of aromatic nitrogens is 1. The van der Waals surface area contributed by atoms with Crippen LogP contribution in [0.1, 0.15) is 19.8 Å². The summed E-state index contributed by atoms with van der Waals surface area (Å²) in [6.45, 7) is 3.16. The second kappa shape index (κ2) is 5.55. The number of thiazole rings is 1. The Morgan fingerprint density at radius 1 is 1.64 bits per heavy atom. The van der Waals surface area contributed by atoms with E-state index in [0.29, 0.717) is 4.80 Å². The molecule has 0 radical (unpaired) electrons. The standard InChI is InChI=1S/C7H12N2S.BrH/c1-2-3-4-9-5-6-10-7(9)8;/h5-6,8H,2-4H2,1H3;1H. The molecule has 1 N–H and O–H groups in total. The Labute approximate surface area is 81.2 Å². The maximum absolute atomic E-state index is 7.41. The lowest BCUT2D eigenvalue weighted by molar-refractivity contribution is 0.614. The number of nitrogens with one attached hydrogen (secondary N) is 1. The molecule has 0 saturated heterocycles. The van der Waals surface area contributed by atoms with Crippen molar-refractivity contribution in [3.63, 3.8) is 0 Å². The van der Waals surface area contributed by atoms with Crippen LogP contribution in [0.25, 0.3) is 0 Å². The molecule has 4 heteroatoms. The van der Waals surface area contributed by atoms with Crippen molar-refractivity contribution in [1.29, 1.82) is 5.41 Å². The highest BCUT2D eigenvalue weighted by Crippen LogP contribution is 1.93. The molecule has 64 valence electrons. The van der Waals surface area contributed by atoms with E-state index in [2.05, 4.69) is 6.92 Å². The topological polar surface area (TPSA) is 28.8 Å². The summed E-state index contributed by atoms with van der Waals surface area (Å²) in [5.74, 6) is 0. The first kappa shape index (κ1) is 10.9. The molecule has 0 aliphatic rings. The number of rotatable bonds is 3. The summed E-state index contributed by atoms with van der Waals surface area (Å²) < 4.78 is 1.98. The van der Waals surface area contributed by atoms with Crippen LogP contribution in [0.2, 0.25) is 0 Å². The van der Waals surface area contributed by atoms with E-state index in [1.807, 2.05) is 16.1 Å². The van der Waals surface area contributed by atoms with Crippen LogP contribution in [-0.2, 0) is 6.54 Å². The van der Waals surface area contributed by atoms with Gasteiger partial charge >= 0.3 is 0 Å². The first-order valence-corrected chi connectivity index (χ1v) is 4.41. The zero-order chi connectivity index (χ0) is 7.40. The van der Waals surface area contributed by atoms with Gasteiger partial charge in [-0.15, -0.1) is 28.3 Å². The van der Waals surface area contributed by atoms with Gasteiger partial charge < -0.3 is 4.57 Å². The lowest BCUT2D eigenvalue weighted by atomic mass is 10.3. The largest absolute Gasteiger partial charge is 0.324 e. The Bertz CT molecular complexity index is 241. The van der Waals surface area contributed by atoms with Crippen LogP contribution >= 0.6 is 28.3 Å². The smallest absolute Gasteiger partial charge is 0.181 e. The van der Waals surface area contributed by atoms with E-state index >= 15 is 0 Å². The SMILES string of the molecule is Br.CCCCn1ccsc1=N. The minimum atomic E-state index is 0. The average Bonchev–Trinajstić information content (AvgIpc) is 2.31. The van der Waals surface area contributed by atoms with Crippen LogP contribution in [0.5, 0.6) is 0 Å². The van der Waals surface area contributed by atoms with Crippen molar-refractivity contribution in [2.75, 3.05) is 0 Å². The van der Waals surface area contributed by atoms with Crippen LogP contribution in [-0.4, -0.2) is 4.57 Å². The van der Waals surface area contributed by atoms with Gasteiger partial charge in [0, 0.05) is 18.1 Å². The van der Waals surface area contributed by atoms with Crippen LogP contribution in [0.3, 0.4) is 0 Å². The molecule has 0 bridgehead atoms. The first-order valence-electron chi connectivity index (χ1n) is 3.53. The Morgan fingerprint density at radius 3 is 2.82 bits per heavy atom. The van der Waals surface area contributed by atoms with Gasteiger partial charge in [0.1, 0.15) is 0 Å². The Kier molecular flexibility index (Phi) is 5.50. The summed E-state index contributed by atoms with van der Waals surface area (Å²) in [5, 5.41) is 9.37. The van der Waals surface area contributed by atoms with E-state index in [1.54, 1.807) is 0 Å². The molecule has 0 fully saturated rings. The first-order chi connectivity index (χ1) is 4.84. The van der Waals surface area contributed by atoms with Crippen molar-refractivity contribution in [3.8, 4) is 0 Å². The number of halogens is 1. The van der Waals surface area contributed by atoms with Gasteiger partial charge in [0.15, 0.2) is 4.80 Å². The molecule has 1 aromatic rings. The monoisotopic (exact) mass is 236 g/mol. The van der Waals surface area contributed by atoms with Gasteiger partial charge in [-0.1, -0.05) is 13.3 Å². The minimum absolute atomic E-state index is 0. The van der Waals surface area contributed by atoms with Crippen molar-refractivity contribution in [2.24, 2.45) is 0 Å². The lowest BCUT2D eigenvalue weighted by Crippen LogP contribution is -2.11. The Hall–Kier alpha value is -0.0900. The second-order valence-electron chi connectivity index (χ2n) is 2.26. The quantitative estimate of drug-likeness (QED) is 0.836. The summed E-state index contributed by atoms with van der Waals surface area (Å²) in [4.78, 5) is 0.661. The van der Waals surface area contributed by atoms with E-state index in [4.69, 9.17) is 5.41 Å². The van der Waals surface area contributed by atoms with Gasteiger partial charge in [0.2, 0.25) is 0 Å². The molecule has 0 aromatic carbocycles. The molecule has 0 atom stereocenters. The number of hydrogen-bond acceptors (Lipinski definition) is 2. The van der Waals surface area contributed by atoms with Crippen LogP contribution < -0.4 is 4.80 Å². The summed E-state index contributed by atoms with van der Waals surface area (Å²) in [7, 11) is 0. The summed E-state index contributed by atoms with van der Waals surface area (Å²) in [6.07, 6.45) is 4.35. The molecule has 0 unspecified atom stereocenters. The summed E-state index contributed by atoms with van der Waals surface area (Å²) in [6, 6.07) is 0. The number of aryl methyl sites for hydroxylation is 1. The van der Waals surface area contributed by atoms with E-state index in [-0.39, 0.29) is 17.0 Å². The molecule has 0 aliphatic heterocycles. The molecule has 1 heterocycles. The molecule has 2 nitrogen and oxygen atoms in total. The van der Waals surface area contributed by atoms with Crippen molar-refractivity contribution in [2.45, 2.75) is 26.3 Å². The predicted molar refractivity (Wildman–Crippen MR) is 53.4 cm³/mol. The van der Waals surface area contributed by atoms with Gasteiger partial charge in [0.05, 0.1) is 0 Å². The molecular formula is C7H13BrN2S. The highest BCUT2D eigenvalue weighted by molar-refractivity contribution is 8.93. The zero-order valence-corrected chi connectivity index (χ0v) is 9.07. The van der Waals surface area contributed by atoms with Gasteiger partial charge in [0.25, 0.3) is 0 Å². The molecule has 0 amide bonds. The highest BCUT2D eigenvalue weighted by Gasteiger charge is 1.90. The van der Waals surface area contributed by atoms with Crippen LogP contribution in [0.15, 0.2) is 11.6 Å². The fourth-order valence-electron chi connectivity index (χ4n) is 0.808. The molecular weight excluding hydrogens is 224 g/mol. The molecule has 0 saturated carbocycles. The fraction of sp³-hybridized carbons (Fsp3) is 0.571. The molecule has 1 aromatic heterocycles. The Morgan fingerprint density at radius 2 is 2.36 bits per heavy atom. The van der Waals surface area contributed by atoms with Crippen LogP contribution in [0, 0.1) is 5.41 Å². The minimum Gasteiger partial charge on any atom is -0.324 e. The van der Waals surface area contributed by atoms with Crippen molar-refractivity contribution in [3.05, 3.63) is 16.4 Å². The highest BCUT2D eigenvalue weighted by atomic mass is 79.9. The molecule has 1 rings (SSSR count). The summed E-state index contributed by atoms with van der Waals surface area (Å²) in [5.41, 5.74) is 0. The molecule has 0 aliphatic carbocycles. The summed E-state index contributed by atoms with van der Waals surface area (Å²) >= 11 is 1.48. The maximum Gasteiger partial charge on any atom is 0.181 e. The van der Waals surface area contributed by atoms with E-state index in [1.165, 1.54) is 24.2 Å². The number of unbranched alkanes of at least 4 members (excludes halogenated alkanes) is 1. The van der Waals surface area contributed by atoms with Crippen molar-refractivity contribution in [1.82, 2.24) is 4.57 Å². The van der Waals surface area contributed by atoms with Gasteiger partial charge in [-0.2, -0.15) is 0 Å². The average molecular weight is 237 g/mol. The van der Waals surface area contributed by atoms with Gasteiger partial charge in [-0.25, -0.2) is 0 Å². The third kappa shape index (κ3) is 3.20. The van der Waals surface area contributed by atoms with Crippen LogP contribution in [0.4, 0.5) is 0 Å². The Balaban J connectivity index is 0.000001000. The lowest BCUT2D eigenvalue weighted by Gasteiger charge is -1.97. The number of nitrogens with zero attached hydrogens (tertiary/aromatic N) is 1. The fourth-order valence-corrected chi connectivity index (χ4v) is 1.43. The van der Waals surface area contributed by atoms with Crippen molar-refractivity contribution < 1.29 is 0 Å². The third-order valence-electron chi connectivity index (χ3n) is 1.43. The van der Waals surface area contributed by atoms with E-state index < -0.39 is 0 Å². The predicted octanol–water partition coefficient (Wildman–Crippen LogP) is 2.41. The molecule has 11 heavy (non-hydrogen) atoms.